The number of aromatic hydroxyl groups is 1. The van der Waals surface area contributed by atoms with Gasteiger partial charge in [0.2, 0.25) is 0 Å². The Morgan fingerprint density at radius 3 is 2.68 bits per heavy atom. The molecule has 1 aromatic rings. The molecule has 0 bridgehead atoms. The SMILES string of the molecule is CC[C@@H](C/C(C)=C/Cc1c(O)c2c(c(C)c1OC)COC2=O)C(=O)O. The number of rotatable bonds is 7. The van der Waals surface area contributed by atoms with Crippen molar-refractivity contribution < 1.29 is 29.3 Å². The zero-order valence-electron chi connectivity index (χ0n) is 15.0. The van der Waals surface area contributed by atoms with Gasteiger partial charge < -0.3 is 19.7 Å². The van der Waals surface area contributed by atoms with Gasteiger partial charge in [0, 0.05) is 11.1 Å². The molecule has 1 heterocycles. The quantitative estimate of drug-likeness (QED) is 0.580. The third-order valence-electron chi connectivity index (χ3n) is 4.71. The van der Waals surface area contributed by atoms with Crippen molar-refractivity contribution in [1.29, 1.82) is 0 Å². The molecule has 2 N–H and O–H groups in total. The number of aliphatic carboxylic acids is 1. The van der Waals surface area contributed by atoms with Crippen LogP contribution in [0.3, 0.4) is 0 Å². The van der Waals surface area contributed by atoms with Gasteiger partial charge in [-0.25, -0.2) is 4.79 Å². The molecule has 1 aliphatic rings. The van der Waals surface area contributed by atoms with Crippen molar-refractivity contribution in [3.63, 3.8) is 0 Å². The van der Waals surface area contributed by atoms with Crippen LogP contribution in [0.4, 0.5) is 0 Å². The number of carboxylic acid groups (broad SMARTS) is 1. The second-order valence-electron chi connectivity index (χ2n) is 6.32. The minimum absolute atomic E-state index is 0.116. The maximum absolute atomic E-state index is 11.9. The molecule has 136 valence electrons. The highest BCUT2D eigenvalue weighted by Crippen LogP contribution is 2.42. The summed E-state index contributed by atoms with van der Waals surface area (Å²) in [6, 6.07) is 0. The van der Waals surface area contributed by atoms with E-state index in [1.54, 1.807) is 0 Å². The van der Waals surface area contributed by atoms with Gasteiger partial charge >= 0.3 is 11.9 Å². The topological polar surface area (TPSA) is 93.1 Å². The van der Waals surface area contributed by atoms with Gasteiger partial charge in [-0.3, -0.25) is 4.79 Å². The molecule has 0 aliphatic carbocycles. The van der Waals surface area contributed by atoms with E-state index in [2.05, 4.69) is 0 Å². The highest BCUT2D eigenvalue weighted by atomic mass is 16.5. The average molecular weight is 348 g/mol. The van der Waals surface area contributed by atoms with E-state index in [4.69, 9.17) is 14.6 Å². The Balaban J connectivity index is 2.35. The van der Waals surface area contributed by atoms with Gasteiger partial charge in [0.15, 0.2) is 0 Å². The maximum Gasteiger partial charge on any atom is 0.342 e. The summed E-state index contributed by atoms with van der Waals surface area (Å²) in [6.45, 7) is 5.67. The lowest BCUT2D eigenvalue weighted by Gasteiger charge is -2.16. The first-order valence-electron chi connectivity index (χ1n) is 8.28. The van der Waals surface area contributed by atoms with Crippen LogP contribution >= 0.6 is 0 Å². The van der Waals surface area contributed by atoms with Gasteiger partial charge in [0.25, 0.3) is 0 Å². The summed E-state index contributed by atoms with van der Waals surface area (Å²) in [5.74, 6) is -1.36. The Morgan fingerprint density at radius 1 is 1.44 bits per heavy atom. The Kier molecular flexibility index (Phi) is 5.72. The lowest BCUT2D eigenvalue weighted by Crippen LogP contribution is -2.12. The van der Waals surface area contributed by atoms with Crippen molar-refractivity contribution in [2.24, 2.45) is 5.92 Å². The predicted molar refractivity (Wildman–Crippen MR) is 92.0 cm³/mol. The molecular formula is C19H24O6. The number of benzene rings is 1. The van der Waals surface area contributed by atoms with Crippen molar-refractivity contribution in [2.75, 3.05) is 7.11 Å². The standard InChI is InChI=1S/C19H24O6/c1-5-12(18(21)22)8-10(2)6-7-13-16(20)15-14(9-25-19(15)23)11(3)17(13)24-4/h6,12,20H,5,7-9H2,1-4H3,(H,21,22)/b10-6+/t12-/m0/s1. The van der Waals surface area contributed by atoms with E-state index < -0.39 is 17.9 Å². The molecule has 25 heavy (non-hydrogen) atoms. The summed E-state index contributed by atoms with van der Waals surface area (Å²) < 4.78 is 10.5. The van der Waals surface area contributed by atoms with Crippen molar-refractivity contribution >= 4 is 11.9 Å². The molecule has 0 saturated carbocycles. The number of phenolic OH excluding ortho intramolecular Hbond substituents is 1. The largest absolute Gasteiger partial charge is 0.507 e. The monoisotopic (exact) mass is 348 g/mol. The number of carboxylic acids is 1. The zero-order chi connectivity index (χ0) is 18.7. The molecule has 1 atom stereocenters. The fourth-order valence-electron chi connectivity index (χ4n) is 3.18. The number of ether oxygens (including phenoxy) is 2. The number of cyclic esters (lactones) is 1. The first-order chi connectivity index (χ1) is 11.8. The minimum Gasteiger partial charge on any atom is -0.507 e. The van der Waals surface area contributed by atoms with Crippen molar-refractivity contribution in [3.8, 4) is 11.5 Å². The van der Waals surface area contributed by atoms with Crippen molar-refractivity contribution in [3.05, 3.63) is 33.9 Å². The second kappa shape index (κ2) is 7.59. The second-order valence-corrected chi connectivity index (χ2v) is 6.32. The molecule has 0 spiro atoms. The van der Waals surface area contributed by atoms with E-state index in [0.29, 0.717) is 36.1 Å². The first-order valence-corrected chi connectivity index (χ1v) is 8.28. The van der Waals surface area contributed by atoms with E-state index in [0.717, 1.165) is 11.1 Å². The molecule has 2 rings (SSSR count). The Morgan fingerprint density at radius 2 is 2.12 bits per heavy atom. The van der Waals surface area contributed by atoms with Crippen LogP contribution < -0.4 is 4.74 Å². The van der Waals surface area contributed by atoms with E-state index in [1.165, 1.54) is 7.11 Å². The average Bonchev–Trinajstić information content (AvgIpc) is 2.96. The van der Waals surface area contributed by atoms with Crippen molar-refractivity contribution in [1.82, 2.24) is 0 Å². The molecule has 6 heteroatoms. The molecule has 0 saturated heterocycles. The number of methoxy groups -OCH3 is 1. The van der Waals surface area contributed by atoms with Gasteiger partial charge in [-0.2, -0.15) is 0 Å². The van der Waals surface area contributed by atoms with Crippen LogP contribution in [0.15, 0.2) is 11.6 Å². The summed E-state index contributed by atoms with van der Waals surface area (Å²) in [7, 11) is 1.52. The molecule has 0 amide bonds. The van der Waals surface area contributed by atoms with Gasteiger partial charge in [-0.05, 0) is 38.7 Å². The number of fused-ring (bicyclic) bond motifs is 1. The number of phenols is 1. The minimum atomic E-state index is -0.813. The Bertz CT molecular complexity index is 732. The smallest absolute Gasteiger partial charge is 0.342 e. The Hall–Kier alpha value is -2.50. The number of esters is 1. The molecule has 0 radical (unpaired) electrons. The van der Waals surface area contributed by atoms with Crippen LogP contribution in [-0.2, 0) is 22.6 Å². The number of carbonyl (C=O) groups excluding carboxylic acids is 1. The highest BCUT2D eigenvalue weighted by Gasteiger charge is 2.31. The number of hydrogen-bond donors (Lipinski definition) is 2. The number of allylic oxidation sites excluding steroid dienone is 2. The van der Waals surface area contributed by atoms with Crippen LogP contribution in [0.1, 0.15) is 53.7 Å². The third-order valence-corrected chi connectivity index (χ3v) is 4.71. The molecule has 1 aliphatic heterocycles. The van der Waals surface area contributed by atoms with Gasteiger partial charge in [0.05, 0.1) is 13.0 Å². The summed E-state index contributed by atoms with van der Waals surface area (Å²) >= 11 is 0. The van der Waals surface area contributed by atoms with E-state index in [9.17, 15) is 14.7 Å². The highest BCUT2D eigenvalue weighted by molar-refractivity contribution is 5.98. The molecule has 0 aromatic heterocycles. The summed E-state index contributed by atoms with van der Waals surface area (Å²) in [5.41, 5.74) is 3.06. The molecular weight excluding hydrogens is 324 g/mol. The molecule has 6 nitrogen and oxygen atoms in total. The lowest BCUT2D eigenvalue weighted by molar-refractivity contribution is -0.141. The van der Waals surface area contributed by atoms with Crippen LogP contribution in [0, 0.1) is 12.8 Å². The van der Waals surface area contributed by atoms with Gasteiger partial charge in [-0.1, -0.05) is 18.6 Å². The number of carbonyl (C=O) groups is 2. The predicted octanol–water partition coefficient (Wildman–Crippen LogP) is 3.37. The molecule has 0 unspecified atom stereocenters. The Labute approximate surface area is 147 Å². The molecule has 0 fully saturated rings. The van der Waals surface area contributed by atoms with Crippen molar-refractivity contribution in [2.45, 2.75) is 46.6 Å². The first kappa shape index (κ1) is 18.8. The van der Waals surface area contributed by atoms with Crippen LogP contribution in [0.2, 0.25) is 0 Å². The normalized spacial score (nSPS) is 14.9. The summed E-state index contributed by atoms with van der Waals surface area (Å²) in [5, 5.41) is 19.7. The van der Waals surface area contributed by atoms with E-state index in [-0.39, 0.29) is 17.9 Å². The fraction of sp³-hybridized carbons (Fsp3) is 0.474. The summed E-state index contributed by atoms with van der Waals surface area (Å²) in [6.07, 6.45) is 3.22. The van der Waals surface area contributed by atoms with Crippen LogP contribution in [0.5, 0.6) is 11.5 Å². The third kappa shape index (κ3) is 3.62. The summed E-state index contributed by atoms with van der Waals surface area (Å²) in [4.78, 5) is 23.0. The zero-order valence-corrected chi connectivity index (χ0v) is 15.0. The lowest BCUT2D eigenvalue weighted by atomic mass is 9.93. The number of hydrogen-bond acceptors (Lipinski definition) is 5. The van der Waals surface area contributed by atoms with Crippen LogP contribution in [0.25, 0.3) is 0 Å². The molecule has 1 aromatic carbocycles. The van der Waals surface area contributed by atoms with Gasteiger partial charge in [0.1, 0.15) is 23.7 Å². The van der Waals surface area contributed by atoms with E-state index >= 15 is 0 Å². The fourth-order valence-corrected chi connectivity index (χ4v) is 3.18. The maximum atomic E-state index is 11.9. The van der Waals surface area contributed by atoms with Crippen LogP contribution in [-0.4, -0.2) is 29.3 Å². The van der Waals surface area contributed by atoms with Gasteiger partial charge in [-0.15, -0.1) is 0 Å². The van der Waals surface area contributed by atoms with E-state index in [1.807, 2.05) is 26.8 Å².